The number of phenols is 1. The number of carbonyl (C=O) groups is 1. The molecule has 2 aromatic carbocycles. The molecule has 2 N–H and O–H groups in total. The van der Waals surface area contributed by atoms with Crippen LogP contribution in [0.15, 0.2) is 42.5 Å². The van der Waals surface area contributed by atoms with Crippen molar-refractivity contribution in [2.45, 2.75) is 56.3 Å². The Morgan fingerprint density at radius 2 is 1.48 bits per heavy atom. The molecule has 2 aromatic rings. The summed E-state index contributed by atoms with van der Waals surface area (Å²) in [6.45, 7) is 2.13. The van der Waals surface area contributed by atoms with Crippen molar-refractivity contribution in [3.05, 3.63) is 64.7 Å². The molecular weight excluding hydrogens is 336 g/mol. The molecule has 0 aliphatic heterocycles. The highest BCUT2D eigenvalue weighted by Gasteiger charge is 2.58. The Balaban J connectivity index is 1.60. The predicted octanol–water partition coefficient (Wildman–Crippen LogP) is 5.19. The number of rotatable bonds is 3. The standard InChI is InChI=1S/C24H26O3/c1-15-2-4-18(5-3-15)23-10-16-8-17(11-23)13-24(12-16,14-23)19-6-7-21(25)20(9-19)22(26)27/h2-7,9,16-17,25H,8,10-14H2,1H3,(H,26,27). The van der Waals surface area contributed by atoms with Crippen LogP contribution < -0.4 is 0 Å². The van der Waals surface area contributed by atoms with Crippen LogP contribution in [0.4, 0.5) is 0 Å². The molecular formula is C24H26O3. The summed E-state index contributed by atoms with van der Waals surface area (Å²) in [5.74, 6) is 0.251. The molecule has 4 fully saturated rings. The lowest BCUT2D eigenvalue weighted by molar-refractivity contribution is -0.0281. The molecule has 6 rings (SSSR count). The first-order valence-electron chi connectivity index (χ1n) is 10.0. The van der Waals surface area contributed by atoms with Gasteiger partial charge < -0.3 is 10.2 Å². The Morgan fingerprint density at radius 3 is 2.07 bits per heavy atom. The van der Waals surface area contributed by atoms with Gasteiger partial charge in [0.25, 0.3) is 0 Å². The highest BCUT2D eigenvalue weighted by Crippen LogP contribution is 2.66. The van der Waals surface area contributed by atoms with Crippen molar-refractivity contribution in [1.82, 2.24) is 0 Å². The first-order chi connectivity index (χ1) is 12.9. The van der Waals surface area contributed by atoms with Gasteiger partial charge in [0.2, 0.25) is 0 Å². The zero-order valence-corrected chi connectivity index (χ0v) is 15.7. The molecule has 140 valence electrons. The minimum absolute atomic E-state index is 0.0348. The van der Waals surface area contributed by atoms with E-state index in [2.05, 4.69) is 31.2 Å². The van der Waals surface area contributed by atoms with Gasteiger partial charge in [-0.1, -0.05) is 35.9 Å². The van der Waals surface area contributed by atoms with Crippen molar-refractivity contribution in [2.75, 3.05) is 0 Å². The Bertz CT molecular complexity index is 898. The Morgan fingerprint density at radius 1 is 0.926 bits per heavy atom. The molecule has 3 nitrogen and oxygen atoms in total. The number of benzene rings is 2. The topological polar surface area (TPSA) is 57.5 Å². The summed E-state index contributed by atoms with van der Waals surface area (Å²) in [7, 11) is 0. The van der Waals surface area contributed by atoms with Gasteiger partial charge >= 0.3 is 5.97 Å². The number of aromatic carboxylic acids is 1. The minimum atomic E-state index is -1.05. The molecule has 0 aromatic heterocycles. The van der Waals surface area contributed by atoms with Crippen molar-refractivity contribution >= 4 is 5.97 Å². The minimum Gasteiger partial charge on any atom is -0.507 e. The van der Waals surface area contributed by atoms with E-state index in [1.807, 2.05) is 6.07 Å². The van der Waals surface area contributed by atoms with E-state index in [1.165, 1.54) is 30.4 Å². The van der Waals surface area contributed by atoms with Crippen LogP contribution in [0.1, 0.15) is 65.6 Å². The largest absolute Gasteiger partial charge is 0.507 e. The molecule has 0 radical (unpaired) electrons. The average molecular weight is 362 g/mol. The van der Waals surface area contributed by atoms with Gasteiger partial charge in [-0.2, -0.15) is 0 Å². The molecule has 0 spiro atoms. The molecule has 3 heteroatoms. The number of aryl methyl sites for hydroxylation is 1. The average Bonchev–Trinajstić information content (AvgIpc) is 2.61. The molecule has 4 saturated carbocycles. The zero-order chi connectivity index (χ0) is 18.8. The van der Waals surface area contributed by atoms with Crippen LogP contribution in [0.2, 0.25) is 0 Å². The van der Waals surface area contributed by atoms with Crippen molar-refractivity contribution in [1.29, 1.82) is 0 Å². The van der Waals surface area contributed by atoms with Gasteiger partial charge in [-0.15, -0.1) is 0 Å². The van der Waals surface area contributed by atoms with Gasteiger partial charge in [-0.05, 0) is 91.4 Å². The van der Waals surface area contributed by atoms with Crippen LogP contribution in [-0.2, 0) is 10.8 Å². The number of carboxylic acid groups (broad SMARTS) is 1. The van der Waals surface area contributed by atoms with Crippen LogP contribution in [0, 0.1) is 18.8 Å². The second-order valence-electron chi connectivity index (χ2n) is 9.42. The number of hydrogen-bond donors (Lipinski definition) is 2. The Kier molecular flexibility index (Phi) is 3.50. The quantitative estimate of drug-likeness (QED) is 0.790. The molecule has 27 heavy (non-hydrogen) atoms. The summed E-state index contributed by atoms with van der Waals surface area (Å²) in [5.41, 5.74) is 4.17. The van der Waals surface area contributed by atoms with E-state index in [-0.39, 0.29) is 22.1 Å². The smallest absolute Gasteiger partial charge is 0.339 e. The predicted molar refractivity (Wildman–Crippen MR) is 104 cm³/mol. The highest BCUT2D eigenvalue weighted by molar-refractivity contribution is 5.91. The maximum Gasteiger partial charge on any atom is 0.339 e. The Labute approximate surface area is 160 Å². The highest BCUT2D eigenvalue weighted by atomic mass is 16.4. The molecule has 4 aliphatic rings. The summed E-state index contributed by atoms with van der Waals surface area (Å²) >= 11 is 0. The van der Waals surface area contributed by atoms with Crippen molar-refractivity contribution in [3.63, 3.8) is 0 Å². The van der Waals surface area contributed by atoms with Crippen LogP contribution >= 0.6 is 0 Å². The van der Waals surface area contributed by atoms with Gasteiger partial charge in [0.15, 0.2) is 0 Å². The van der Waals surface area contributed by atoms with Crippen molar-refractivity contribution in [3.8, 4) is 5.75 Å². The van der Waals surface area contributed by atoms with Gasteiger partial charge in [-0.25, -0.2) is 4.79 Å². The summed E-state index contributed by atoms with van der Waals surface area (Å²) in [6.07, 6.45) is 7.25. The van der Waals surface area contributed by atoms with Crippen molar-refractivity contribution < 1.29 is 15.0 Å². The fourth-order valence-corrected chi connectivity index (χ4v) is 6.88. The first-order valence-corrected chi connectivity index (χ1v) is 10.0. The third kappa shape index (κ3) is 2.51. The van der Waals surface area contributed by atoms with E-state index in [1.54, 1.807) is 12.1 Å². The third-order valence-electron chi connectivity index (χ3n) is 7.56. The van der Waals surface area contributed by atoms with Gasteiger partial charge in [-0.3, -0.25) is 0 Å². The maximum atomic E-state index is 11.6. The molecule has 0 saturated heterocycles. The zero-order valence-electron chi connectivity index (χ0n) is 15.7. The molecule has 2 unspecified atom stereocenters. The van der Waals surface area contributed by atoms with E-state index < -0.39 is 5.97 Å². The fraction of sp³-hybridized carbons (Fsp3) is 0.458. The lowest BCUT2D eigenvalue weighted by Crippen LogP contribution is -2.55. The monoisotopic (exact) mass is 362 g/mol. The molecule has 4 aliphatic carbocycles. The van der Waals surface area contributed by atoms with Crippen LogP contribution in [0.25, 0.3) is 0 Å². The third-order valence-corrected chi connectivity index (χ3v) is 7.56. The van der Waals surface area contributed by atoms with Crippen LogP contribution in [-0.4, -0.2) is 16.2 Å². The summed E-state index contributed by atoms with van der Waals surface area (Å²) in [6, 6.07) is 14.4. The number of aromatic hydroxyl groups is 1. The molecule has 2 atom stereocenters. The second kappa shape index (κ2) is 5.60. The molecule has 0 heterocycles. The van der Waals surface area contributed by atoms with E-state index in [4.69, 9.17) is 0 Å². The summed E-state index contributed by atoms with van der Waals surface area (Å²) < 4.78 is 0. The second-order valence-corrected chi connectivity index (χ2v) is 9.42. The fourth-order valence-electron chi connectivity index (χ4n) is 6.88. The molecule has 0 amide bonds. The SMILES string of the molecule is Cc1ccc(C23CC4CC(C2)CC(c2ccc(O)c(C(=O)O)c2)(C4)C3)cc1. The first kappa shape index (κ1) is 16.9. The lowest BCUT2D eigenvalue weighted by atomic mass is 9.41. The van der Waals surface area contributed by atoms with Crippen LogP contribution in [0.3, 0.4) is 0 Å². The van der Waals surface area contributed by atoms with Crippen molar-refractivity contribution in [2.24, 2.45) is 11.8 Å². The normalized spacial score (nSPS) is 34.0. The number of carboxylic acids is 1. The van der Waals surface area contributed by atoms with Crippen LogP contribution in [0.5, 0.6) is 5.75 Å². The summed E-state index contributed by atoms with van der Waals surface area (Å²) in [5, 5.41) is 19.4. The van der Waals surface area contributed by atoms with E-state index in [0.717, 1.165) is 36.7 Å². The van der Waals surface area contributed by atoms with E-state index in [9.17, 15) is 15.0 Å². The van der Waals surface area contributed by atoms with Gasteiger partial charge in [0.05, 0.1) is 0 Å². The van der Waals surface area contributed by atoms with Gasteiger partial charge in [0, 0.05) is 0 Å². The molecule has 4 bridgehead atoms. The lowest BCUT2D eigenvalue weighted by Gasteiger charge is -2.63. The number of hydrogen-bond acceptors (Lipinski definition) is 2. The summed E-state index contributed by atoms with van der Waals surface area (Å²) in [4.78, 5) is 11.6. The Hall–Kier alpha value is -2.29. The van der Waals surface area contributed by atoms with E-state index >= 15 is 0 Å². The maximum absolute atomic E-state index is 11.6. The van der Waals surface area contributed by atoms with E-state index in [0.29, 0.717) is 0 Å². The van der Waals surface area contributed by atoms with Gasteiger partial charge in [0.1, 0.15) is 11.3 Å².